The Morgan fingerprint density at radius 2 is 2.07 bits per heavy atom. The van der Waals surface area contributed by atoms with Crippen molar-refractivity contribution in [3.63, 3.8) is 0 Å². The number of hydrogen-bond acceptors (Lipinski definition) is 5. The molecule has 27 heavy (non-hydrogen) atoms. The summed E-state index contributed by atoms with van der Waals surface area (Å²) < 4.78 is 55.8. The van der Waals surface area contributed by atoms with Crippen LogP contribution in [0, 0.1) is 5.82 Å². The third kappa shape index (κ3) is 4.21. The zero-order chi connectivity index (χ0) is 19.8. The van der Waals surface area contributed by atoms with Gasteiger partial charge < -0.3 is 16.2 Å². The SMILES string of the molecule is NC(=O)CN1N=C(N)C2=CC=C(c3ccc(F)cc3OCC(F)(F)F)CC21. The highest BCUT2D eigenvalue weighted by Crippen LogP contribution is 2.37. The van der Waals surface area contributed by atoms with Crippen molar-refractivity contribution >= 4 is 17.3 Å². The number of hydrogen-bond donors (Lipinski definition) is 2. The summed E-state index contributed by atoms with van der Waals surface area (Å²) in [6.45, 7) is -1.69. The summed E-state index contributed by atoms with van der Waals surface area (Å²) in [5, 5.41) is 5.52. The highest BCUT2D eigenvalue weighted by atomic mass is 19.4. The van der Waals surface area contributed by atoms with Gasteiger partial charge in [-0.3, -0.25) is 9.80 Å². The number of halogens is 4. The van der Waals surface area contributed by atoms with E-state index in [0.29, 0.717) is 16.7 Å². The van der Waals surface area contributed by atoms with Gasteiger partial charge in [-0.15, -0.1) is 0 Å². The van der Waals surface area contributed by atoms with Gasteiger partial charge in [-0.2, -0.15) is 18.3 Å². The van der Waals surface area contributed by atoms with Crippen LogP contribution in [0.4, 0.5) is 17.6 Å². The standard InChI is InChI=1S/C17H16F4N4O2/c18-10-2-4-11(14(6-10)27-8-17(19,20)21)9-1-3-12-13(5-9)25(7-15(22)26)24-16(12)23/h1-4,6,13H,5,7-8H2,(H2,22,26)(H2,23,24). The number of primary amides is 1. The lowest BCUT2D eigenvalue weighted by Gasteiger charge is -2.27. The summed E-state index contributed by atoms with van der Waals surface area (Å²) in [5.74, 6) is -1.29. The maximum atomic E-state index is 13.5. The number of nitrogens with two attached hydrogens (primary N) is 2. The molecular formula is C17H16F4N4O2. The number of amides is 1. The van der Waals surface area contributed by atoms with E-state index in [4.69, 9.17) is 16.2 Å². The van der Waals surface area contributed by atoms with Gasteiger partial charge in [-0.05, 0) is 24.1 Å². The molecule has 1 aromatic rings. The Balaban J connectivity index is 1.90. The molecule has 0 fully saturated rings. The molecule has 4 N–H and O–H groups in total. The number of rotatable bonds is 5. The molecular weight excluding hydrogens is 368 g/mol. The van der Waals surface area contributed by atoms with Gasteiger partial charge in [0, 0.05) is 17.2 Å². The van der Waals surface area contributed by atoms with Crippen molar-refractivity contribution in [1.82, 2.24) is 5.01 Å². The summed E-state index contributed by atoms with van der Waals surface area (Å²) in [6, 6.07) is 3.00. The summed E-state index contributed by atoms with van der Waals surface area (Å²) in [6.07, 6.45) is -0.934. The lowest BCUT2D eigenvalue weighted by atomic mass is 9.88. The average molecular weight is 384 g/mol. The lowest BCUT2D eigenvalue weighted by Crippen LogP contribution is -2.36. The topological polar surface area (TPSA) is 93.9 Å². The molecule has 2 aliphatic rings. The molecule has 144 valence electrons. The van der Waals surface area contributed by atoms with Crippen molar-refractivity contribution in [1.29, 1.82) is 0 Å². The zero-order valence-corrected chi connectivity index (χ0v) is 14.0. The van der Waals surface area contributed by atoms with Crippen LogP contribution in [0.15, 0.2) is 41.0 Å². The van der Waals surface area contributed by atoms with E-state index in [0.717, 1.165) is 12.1 Å². The second-order valence-electron chi connectivity index (χ2n) is 6.13. The fraction of sp³-hybridized carbons (Fsp3) is 0.294. The van der Waals surface area contributed by atoms with E-state index in [-0.39, 0.29) is 24.6 Å². The Morgan fingerprint density at radius 3 is 2.74 bits per heavy atom. The van der Waals surface area contributed by atoms with Gasteiger partial charge in [-0.25, -0.2) is 4.39 Å². The molecule has 10 heteroatoms. The number of amidine groups is 1. The van der Waals surface area contributed by atoms with Crippen molar-refractivity contribution in [3.05, 3.63) is 47.3 Å². The van der Waals surface area contributed by atoms with Crippen LogP contribution in [-0.2, 0) is 4.79 Å². The molecule has 1 aromatic carbocycles. The number of benzene rings is 1. The van der Waals surface area contributed by atoms with Crippen molar-refractivity contribution in [2.24, 2.45) is 16.6 Å². The van der Waals surface area contributed by atoms with Crippen LogP contribution >= 0.6 is 0 Å². The first-order valence-corrected chi connectivity index (χ1v) is 7.93. The minimum atomic E-state index is -4.55. The molecule has 6 nitrogen and oxygen atoms in total. The van der Waals surface area contributed by atoms with Gasteiger partial charge in [0.1, 0.15) is 23.9 Å². The Hall–Kier alpha value is -3.04. The predicted octanol–water partition coefficient (Wildman–Crippen LogP) is 1.92. The largest absolute Gasteiger partial charge is 0.483 e. The van der Waals surface area contributed by atoms with Crippen LogP contribution in [0.2, 0.25) is 0 Å². The van der Waals surface area contributed by atoms with Crippen molar-refractivity contribution in [2.45, 2.75) is 18.6 Å². The van der Waals surface area contributed by atoms with Gasteiger partial charge in [0.05, 0.1) is 6.04 Å². The van der Waals surface area contributed by atoms with Gasteiger partial charge in [0.25, 0.3) is 0 Å². The van der Waals surface area contributed by atoms with E-state index >= 15 is 0 Å². The van der Waals surface area contributed by atoms with Crippen LogP contribution in [0.5, 0.6) is 5.75 Å². The normalized spacial score (nSPS) is 19.2. The molecule has 0 spiro atoms. The third-order valence-corrected chi connectivity index (χ3v) is 4.13. The molecule has 1 aliphatic heterocycles. The maximum Gasteiger partial charge on any atom is 0.422 e. The maximum absolute atomic E-state index is 13.5. The molecule has 0 bridgehead atoms. The highest BCUT2D eigenvalue weighted by molar-refractivity contribution is 6.01. The molecule has 1 amide bonds. The van der Waals surface area contributed by atoms with E-state index in [1.165, 1.54) is 11.1 Å². The smallest absolute Gasteiger partial charge is 0.422 e. The number of nitrogens with zero attached hydrogens (tertiary/aromatic N) is 2. The molecule has 0 saturated heterocycles. The average Bonchev–Trinajstić information content (AvgIpc) is 2.87. The number of ether oxygens (including phenoxy) is 1. The first kappa shape index (κ1) is 18.7. The molecule has 3 rings (SSSR count). The van der Waals surface area contributed by atoms with Crippen molar-refractivity contribution < 1.29 is 27.1 Å². The molecule has 1 unspecified atom stereocenters. The quantitative estimate of drug-likeness (QED) is 0.759. The minimum absolute atomic E-state index is 0.156. The Morgan fingerprint density at radius 1 is 1.33 bits per heavy atom. The van der Waals surface area contributed by atoms with Crippen molar-refractivity contribution in [3.8, 4) is 5.75 Å². The Bertz CT molecular complexity index is 861. The van der Waals surface area contributed by atoms with Gasteiger partial charge in [0.15, 0.2) is 6.61 Å². The fourth-order valence-corrected chi connectivity index (χ4v) is 3.02. The number of alkyl halides is 3. The van der Waals surface area contributed by atoms with Crippen LogP contribution in [0.25, 0.3) is 5.57 Å². The minimum Gasteiger partial charge on any atom is -0.483 e. The van der Waals surface area contributed by atoms with E-state index in [9.17, 15) is 22.4 Å². The van der Waals surface area contributed by atoms with E-state index in [1.807, 2.05) is 0 Å². The molecule has 0 saturated carbocycles. The van der Waals surface area contributed by atoms with E-state index in [2.05, 4.69) is 5.10 Å². The van der Waals surface area contributed by atoms with E-state index in [1.54, 1.807) is 12.2 Å². The summed E-state index contributed by atoms with van der Waals surface area (Å²) in [4.78, 5) is 11.2. The monoisotopic (exact) mass is 384 g/mol. The fourth-order valence-electron chi connectivity index (χ4n) is 3.02. The first-order valence-electron chi connectivity index (χ1n) is 7.93. The third-order valence-electron chi connectivity index (χ3n) is 4.13. The summed E-state index contributed by atoms with van der Waals surface area (Å²) >= 11 is 0. The predicted molar refractivity (Wildman–Crippen MR) is 89.9 cm³/mol. The summed E-state index contributed by atoms with van der Waals surface area (Å²) in [7, 11) is 0. The van der Waals surface area contributed by atoms with Crippen LogP contribution in [-0.4, -0.2) is 42.1 Å². The highest BCUT2D eigenvalue weighted by Gasteiger charge is 2.35. The number of carbonyl (C=O) groups excluding carboxylic acids is 1. The molecule has 0 radical (unpaired) electrons. The number of carbonyl (C=O) groups is 1. The first-order chi connectivity index (χ1) is 12.6. The number of allylic oxidation sites excluding steroid dienone is 2. The molecule has 0 aromatic heterocycles. The van der Waals surface area contributed by atoms with Crippen LogP contribution in [0.3, 0.4) is 0 Å². The van der Waals surface area contributed by atoms with Gasteiger partial charge >= 0.3 is 6.18 Å². The number of fused-ring (bicyclic) bond motifs is 1. The van der Waals surface area contributed by atoms with Crippen LogP contribution < -0.4 is 16.2 Å². The lowest BCUT2D eigenvalue weighted by molar-refractivity contribution is -0.153. The summed E-state index contributed by atoms with van der Waals surface area (Å²) in [5.41, 5.74) is 12.7. The molecule has 1 aliphatic carbocycles. The van der Waals surface area contributed by atoms with E-state index < -0.39 is 30.5 Å². The van der Waals surface area contributed by atoms with Crippen LogP contribution in [0.1, 0.15) is 12.0 Å². The van der Waals surface area contributed by atoms with Gasteiger partial charge in [-0.1, -0.05) is 12.2 Å². The second kappa shape index (κ2) is 6.93. The number of hydrazone groups is 1. The Kier molecular flexibility index (Phi) is 4.81. The Labute approximate surface area is 151 Å². The molecule has 1 heterocycles. The van der Waals surface area contributed by atoms with Crippen molar-refractivity contribution in [2.75, 3.05) is 13.2 Å². The van der Waals surface area contributed by atoms with Gasteiger partial charge in [0.2, 0.25) is 5.91 Å². The molecule has 1 atom stereocenters. The second-order valence-corrected chi connectivity index (χ2v) is 6.13. The zero-order valence-electron chi connectivity index (χ0n) is 14.0.